The predicted octanol–water partition coefficient (Wildman–Crippen LogP) is 6.22. The number of benzene rings is 4. The lowest BCUT2D eigenvalue weighted by Crippen LogP contribution is -2.26. The Kier molecular flexibility index (Phi) is 7.72. The smallest absolute Gasteiger partial charge is 0.339 e. The summed E-state index contributed by atoms with van der Waals surface area (Å²) in [5.41, 5.74) is -4.02. The van der Waals surface area contributed by atoms with E-state index in [-0.39, 0.29) is 21.4 Å². The summed E-state index contributed by atoms with van der Waals surface area (Å²) in [5.74, 6) is -27.7. The summed E-state index contributed by atoms with van der Waals surface area (Å²) in [6.07, 6.45) is 0. The largest absolute Gasteiger partial charge is 0.496 e. The zero-order valence-corrected chi connectivity index (χ0v) is 22.5. The fourth-order valence-electron chi connectivity index (χ4n) is 4.16. The van der Waals surface area contributed by atoms with E-state index in [0.717, 1.165) is 6.07 Å². The van der Waals surface area contributed by atoms with Crippen LogP contribution in [0.5, 0.6) is 11.5 Å². The Morgan fingerprint density at radius 2 is 1.18 bits per heavy atom. The number of para-hydroxylation sites is 1. The van der Waals surface area contributed by atoms with Gasteiger partial charge in [-0.05, 0) is 24.3 Å². The van der Waals surface area contributed by atoms with Crippen LogP contribution in [0.2, 0.25) is 0 Å². The van der Waals surface area contributed by atoms with Gasteiger partial charge in [-0.15, -0.1) is 0 Å². The third kappa shape index (κ3) is 4.90. The van der Waals surface area contributed by atoms with Crippen molar-refractivity contribution in [1.82, 2.24) is 9.78 Å². The molecule has 45 heavy (non-hydrogen) atoms. The molecule has 1 aromatic heterocycles. The molecule has 0 N–H and O–H groups in total. The molecule has 18 heteroatoms. The third-order valence-corrected chi connectivity index (χ3v) is 7.50. The highest BCUT2D eigenvalue weighted by Gasteiger charge is 2.33. The highest BCUT2D eigenvalue weighted by Crippen LogP contribution is 2.36. The molecule has 0 spiro atoms. The summed E-state index contributed by atoms with van der Waals surface area (Å²) in [7, 11) is -4.38. The van der Waals surface area contributed by atoms with E-state index in [9.17, 15) is 57.1 Å². The molecule has 0 unspecified atom stereocenters. The number of hydrogen-bond donors (Lipinski definition) is 0. The number of halogens is 10. The SMILES string of the molecule is COc1ccccc1-c1nn(-c2c(F)c(F)c(F)c(F)c2F)c(=O)c2cc(S(=O)(=O)Oc3c(F)c(F)c(F)c(F)c3F)ccc12. The zero-order valence-electron chi connectivity index (χ0n) is 21.7. The lowest BCUT2D eigenvalue weighted by Gasteiger charge is -2.16. The number of fused-ring (bicyclic) bond motifs is 1. The average molecular weight is 664 g/mol. The number of nitrogens with zero attached hydrogens (tertiary/aromatic N) is 2. The average Bonchev–Trinajstić information content (AvgIpc) is 3.03. The quantitative estimate of drug-likeness (QED) is 0.0928. The highest BCUT2D eigenvalue weighted by atomic mass is 32.2. The standard InChI is InChI=1S/C27H10F10N2O5S/c1-43-13-5-3-2-4-11(13)24-10-7-6-9(45(41,42)44-26-22(36)18(32)15(29)19(33)23(26)37)8-12(10)27(40)39(38-24)25-20(34)16(30)14(28)17(31)21(25)35/h2-8H,1H3. The van der Waals surface area contributed by atoms with Crippen LogP contribution in [-0.2, 0) is 10.1 Å². The fourth-order valence-corrected chi connectivity index (χ4v) is 5.12. The predicted molar refractivity (Wildman–Crippen MR) is 133 cm³/mol. The van der Waals surface area contributed by atoms with Crippen molar-refractivity contribution >= 4 is 20.9 Å². The summed E-state index contributed by atoms with van der Waals surface area (Å²) >= 11 is 0. The summed E-state index contributed by atoms with van der Waals surface area (Å²) < 4.78 is 175. The molecule has 0 bridgehead atoms. The lowest BCUT2D eigenvalue weighted by atomic mass is 10.0. The summed E-state index contributed by atoms with van der Waals surface area (Å²) in [5, 5.41) is 2.60. The number of hydrogen-bond acceptors (Lipinski definition) is 6. The van der Waals surface area contributed by atoms with Crippen LogP contribution >= 0.6 is 0 Å². The third-order valence-electron chi connectivity index (χ3n) is 6.28. The summed E-state index contributed by atoms with van der Waals surface area (Å²) in [6, 6.07) is 7.39. The van der Waals surface area contributed by atoms with Crippen molar-refractivity contribution in [3.05, 3.63) is 111 Å². The Hall–Kier alpha value is -5.13. The van der Waals surface area contributed by atoms with Crippen LogP contribution in [-0.4, -0.2) is 25.3 Å². The normalized spacial score (nSPS) is 11.7. The Labute approximate surface area is 243 Å². The van der Waals surface area contributed by atoms with Crippen molar-refractivity contribution in [2.45, 2.75) is 4.90 Å². The molecule has 4 aromatic carbocycles. The Morgan fingerprint density at radius 3 is 1.73 bits per heavy atom. The molecule has 5 rings (SSSR count). The van der Waals surface area contributed by atoms with E-state index in [4.69, 9.17) is 4.74 Å². The molecular formula is C27H10F10N2O5S. The van der Waals surface area contributed by atoms with Crippen LogP contribution in [0.1, 0.15) is 0 Å². The van der Waals surface area contributed by atoms with Crippen molar-refractivity contribution < 1.29 is 61.2 Å². The zero-order chi connectivity index (χ0) is 33.1. The lowest BCUT2D eigenvalue weighted by molar-refractivity contribution is 0.346. The van der Waals surface area contributed by atoms with Gasteiger partial charge in [0.1, 0.15) is 22.0 Å². The molecule has 0 aliphatic rings. The first kappa shape index (κ1) is 31.3. The fraction of sp³-hybridized carbons (Fsp3) is 0.0370. The van der Waals surface area contributed by atoms with Crippen molar-refractivity contribution in [3.8, 4) is 28.4 Å². The van der Waals surface area contributed by atoms with Crippen LogP contribution in [0.25, 0.3) is 27.7 Å². The maximum Gasteiger partial charge on any atom is 0.339 e. The molecule has 7 nitrogen and oxygen atoms in total. The maximum absolute atomic E-state index is 14.8. The number of rotatable bonds is 6. The molecule has 234 valence electrons. The van der Waals surface area contributed by atoms with E-state index in [1.54, 1.807) is 0 Å². The second-order valence-corrected chi connectivity index (χ2v) is 10.4. The van der Waals surface area contributed by atoms with Gasteiger partial charge in [-0.25, -0.2) is 35.1 Å². The molecule has 5 aromatic rings. The molecule has 0 radical (unpaired) electrons. The Morgan fingerprint density at radius 1 is 0.667 bits per heavy atom. The van der Waals surface area contributed by atoms with Crippen molar-refractivity contribution in [3.63, 3.8) is 0 Å². The van der Waals surface area contributed by atoms with Gasteiger partial charge in [0.15, 0.2) is 23.3 Å². The van der Waals surface area contributed by atoms with Gasteiger partial charge < -0.3 is 8.92 Å². The van der Waals surface area contributed by atoms with Crippen molar-refractivity contribution in [2.75, 3.05) is 7.11 Å². The number of ether oxygens (including phenoxy) is 1. The minimum absolute atomic E-state index is 0.000236. The van der Waals surface area contributed by atoms with E-state index < -0.39 is 101 Å². The molecule has 0 amide bonds. The highest BCUT2D eigenvalue weighted by molar-refractivity contribution is 7.87. The van der Waals surface area contributed by atoms with Crippen molar-refractivity contribution in [1.29, 1.82) is 0 Å². The van der Waals surface area contributed by atoms with E-state index in [1.165, 1.54) is 31.4 Å². The first-order chi connectivity index (χ1) is 21.1. The molecule has 0 atom stereocenters. The van der Waals surface area contributed by atoms with Crippen LogP contribution in [0, 0.1) is 58.2 Å². The van der Waals surface area contributed by atoms with Gasteiger partial charge in [0.05, 0.1) is 12.5 Å². The second-order valence-electron chi connectivity index (χ2n) is 8.83. The molecule has 0 saturated heterocycles. The number of aromatic nitrogens is 2. The maximum atomic E-state index is 14.8. The van der Waals surface area contributed by atoms with Crippen LogP contribution in [0.15, 0.2) is 52.2 Å². The molecule has 1 heterocycles. The van der Waals surface area contributed by atoms with Gasteiger partial charge in [0.2, 0.25) is 40.7 Å². The Balaban J connectivity index is 1.84. The van der Waals surface area contributed by atoms with Crippen LogP contribution in [0.4, 0.5) is 43.9 Å². The van der Waals surface area contributed by atoms with E-state index in [0.29, 0.717) is 12.1 Å². The molecule has 0 aliphatic heterocycles. The first-order valence-electron chi connectivity index (χ1n) is 11.8. The van der Waals surface area contributed by atoms with Gasteiger partial charge in [-0.1, -0.05) is 18.2 Å². The Bertz CT molecular complexity index is 2190. The van der Waals surface area contributed by atoms with Gasteiger partial charge in [-0.3, -0.25) is 4.79 Å². The minimum Gasteiger partial charge on any atom is -0.496 e. The van der Waals surface area contributed by atoms with E-state index >= 15 is 0 Å². The van der Waals surface area contributed by atoms with Gasteiger partial charge in [-0.2, -0.15) is 27.0 Å². The van der Waals surface area contributed by atoms with Crippen LogP contribution < -0.4 is 14.5 Å². The van der Waals surface area contributed by atoms with Gasteiger partial charge in [0, 0.05) is 10.9 Å². The number of methoxy groups -OCH3 is 1. The van der Waals surface area contributed by atoms with Crippen molar-refractivity contribution in [2.24, 2.45) is 0 Å². The van der Waals surface area contributed by atoms with Gasteiger partial charge in [0.25, 0.3) is 5.56 Å². The monoisotopic (exact) mass is 664 g/mol. The molecule has 0 fully saturated rings. The second kappa shape index (κ2) is 11.1. The van der Waals surface area contributed by atoms with E-state index in [1.807, 2.05) is 0 Å². The van der Waals surface area contributed by atoms with Crippen LogP contribution in [0.3, 0.4) is 0 Å². The first-order valence-corrected chi connectivity index (χ1v) is 13.2. The molecular weight excluding hydrogens is 654 g/mol. The minimum atomic E-state index is -5.56. The topological polar surface area (TPSA) is 87.5 Å². The summed E-state index contributed by atoms with van der Waals surface area (Å²) in [6.45, 7) is 0. The molecule has 0 saturated carbocycles. The van der Waals surface area contributed by atoms with E-state index in [2.05, 4.69) is 9.28 Å². The van der Waals surface area contributed by atoms with Gasteiger partial charge >= 0.3 is 10.1 Å². The summed E-state index contributed by atoms with van der Waals surface area (Å²) in [4.78, 5) is 12.3. The molecule has 0 aliphatic carbocycles.